The van der Waals surface area contributed by atoms with E-state index in [2.05, 4.69) is 0 Å². The first-order chi connectivity index (χ1) is 21.4. The van der Waals surface area contributed by atoms with Crippen molar-refractivity contribution in [1.82, 2.24) is 0 Å². The number of para-hydroxylation sites is 1. The quantitative estimate of drug-likeness (QED) is 0.317. The highest BCUT2D eigenvalue weighted by molar-refractivity contribution is 5.96. The predicted octanol–water partition coefficient (Wildman–Crippen LogP) is 5.52. The Labute approximate surface area is 259 Å². The molecular formula is C35H34FNO8. The number of ketones is 1. The smallest absolute Gasteiger partial charge is 0.352 e. The van der Waals surface area contributed by atoms with Gasteiger partial charge in [-0.05, 0) is 68.9 Å². The van der Waals surface area contributed by atoms with Gasteiger partial charge in [-0.15, -0.1) is 0 Å². The number of hydrogen-bond acceptors (Lipinski definition) is 9. The average molecular weight is 616 g/mol. The van der Waals surface area contributed by atoms with Crippen LogP contribution in [0.2, 0.25) is 0 Å². The van der Waals surface area contributed by atoms with Crippen LogP contribution in [0.1, 0.15) is 56.3 Å². The Hall–Kier alpha value is -4.49. The fourth-order valence-electron chi connectivity index (χ4n) is 8.45. The Morgan fingerprint density at radius 1 is 1.11 bits per heavy atom. The number of halogens is 1. The van der Waals surface area contributed by atoms with Crippen LogP contribution < -0.4 is 4.74 Å². The van der Waals surface area contributed by atoms with Crippen LogP contribution in [0.25, 0.3) is 0 Å². The maximum Gasteiger partial charge on any atom is 0.352 e. The first kappa shape index (κ1) is 30.5. The van der Waals surface area contributed by atoms with E-state index in [0.717, 1.165) is 0 Å². The summed E-state index contributed by atoms with van der Waals surface area (Å²) < 4.78 is 34.6. The molecule has 10 heteroatoms. The summed E-state index contributed by atoms with van der Waals surface area (Å²) in [5.41, 5.74) is -6.28. The fraction of sp³-hybridized carbons (Fsp3) is 0.429. The average Bonchev–Trinajstić information content (AvgIpc) is 3.29. The van der Waals surface area contributed by atoms with Gasteiger partial charge in [-0.1, -0.05) is 42.8 Å². The van der Waals surface area contributed by atoms with Crippen LogP contribution in [0.15, 0.2) is 72.3 Å². The Morgan fingerprint density at radius 2 is 1.87 bits per heavy atom. The van der Waals surface area contributed by atoms with E-state index in [-0.39, 0.29) is 49.2 Å². The molecule has 234 valence electrons. The standard InChI is InChI=1S/C35H34FNO8/c1-32-14-12-22(38)18-21(32)8-11-27-26-13-15-34(31(42)43-17-16-37,33(26,2)20-29(40)35(27,32)36)45-30(41)25-10-9-24(19-28(25)39)44-23-6-4-3-5-7-23/h3-10,12,14,19,26-27,29,39-40H,11,13,15,17-18,20H2,1-2H3/t26-,27-,29-,32-,33-,34-,35-/m0/s1. The summed E-state index contributed by atoms with van der Waals surface area (Å²) in [6.07, 6.45) is 3.46. The molecule has 9 nitrogen and oxygen atoms in total. The molecule has 0 amide bonds. The van der Waals surface area contributed by atoms with Gasteiger partial charge in [0.2, 0.25) is 5.60 Å². The minimum atomic E-state index is -2.15. The van der Waals surface area contributed by atoms with Crippen LogP contribution in [0.3, 0.4) is 0 Å². The number of fused-ring (bicyclic) bond motifs is 5. The van der Waals surface area contributed by atoms with E-state index >= 15 is 4.39 Å². The lowest BCUT2D eigenvalue weighted by atomic mass is 9.45. The molecule has 0 heterocycles. The predicted molar refractivity (Wildman–Crippen MR) is 158 cm³/mol. The Morgan fingerprint density at radius 3 is 2.58 bits per heavy atom. The molecule has 4 aliphatic carbocycles. The number of carbonyl (C=O) groups excluding carboxylic acids is 3. The summed E-state index contributed by atoms with van der Waals surface area (Å²) in [6, 6.07) is 14.6. The molecule has 2 aromatic carbocycles. The maximum atomic E-state index is 17.5. The monoisotopic (exact) mass is 615 g/mol. The number of nitrogens with zero attached hydrogens (tertiary/aromatic N) is 1. The molecule has 0 saturated heterocycles. The first-order valence-corrected chi connectivity index (χ1v) is 15.0. The van der Waals surface area contributed by atoms with E-state index in [4.69, 9.17) is 19.5 Å². The molecule has 6 rings (SSSR count). The van der Waals surface area contributed by atoms with Crippen molar-refractivity contribution in [2.45, 2.75) is 63.3 Å². The van der Waals surface area contributed by atoms with E-state index in [1.807, 2.05) is 12.1 Å². The summed E-state index contributed by atoms with van der Waals surface area (Å²) in [4.78, 5) is 39.7. The van der Waals surface area contributed by atoms with Gasteiger partial charge in [0.25, 0.3) is 0 Å². The summed E-state index contributed by atoms with van der Waals surface area (Å²) in [5.74, 6) is -3.10. The maximum absolute atomic E-state index is 17.5. The number of allylic oxidation sites excluding steroid dienone is 4. The summed E-state index contributed by atoms with van der Waals surface area (Å²) >= 11 is 0. The number of nitriles is 1. The minimum Gasteiger partial charge on any atom is -0.507 e. The van der Waals surface area contributed by atoms with Gasteiger partial charge in [0.1, 0.15) is 28.9 Å². The first-order valence-electron chi connectivity index (χ1n) is 15.0. The molecule has 0 radical (unpaired) electrons. The van der Waals surface area contributed by atoms with E-state index in [1.165, 1.54) is 24.3 Å². The van der Waals surface area contributed by atoms with Gasteiger partial charge >= 0.3 is 11.9 Å². The molecule has 0 aliphatic heterocycles. The van der Waals surface area contributed by atoms with Crippen molar-refractivity contribution in [3.05, 3.63) is 77.9 Å². The number of rotatable bonds is 6. The van der Waals surface area contributed by atoms with E-state index in [0.29, 0.717) is 11.3 Å². The number of benzene rings is 2. The lowest BCUT2D eigenvalue weighted by Crippen LogP contribution is -2.69. The lowest BCUT2D eigenvalue weighted by molar-refractivity contribution is -0.220. The van der Waals surface area contributed by atoms with Crippen molar-refractivity contribution in [1.29, 1.82) is 5.26 Å². The highest BCUT2D eigenvalue weighted by Crippen LogP contribution is 2.70. The Bertz CT molecular complexity index is 1670. The minimum absolute atomic E-state index is 0.0406. The molecule has 2 saturated carbocycles. The number of carbonyl (C=O) groups is 3. The van der Waals surface area contributed by atoms with E-state index in [9.17, 15) is 24.6 Å². The fourth-order valence-corrected chi connectivity index (χ4v) is 8.45. The molecular weight excluding hydrogens is 581 g/mol. The number of hydrogen-bond donors (Lipinski definition) is 2. The molecule has 2 N–H and O–H groups in total. The number of ether oxygens (including phenoxy) is 3. The molecule has 0 spiro atoms. The van der Waals surface area contributed by atoms with Crippen molar-refractivity contribution in [2.24, 2.45) is 22.7 Å². The summed E-state index contributed by atoms with van der Waals surface area (Å²) in [6.45, 7) is 2.78. The number of aliphatic hydroxyl groups is 1. The normalized spacial score (nSPS) is 34.8. The van der Waals surface area contributed by atoms with Crippen LogP contribution in [0.5, 0.6) is 17.2 Å². The Balaban J connectivity index is 1.35. The SMILES string of the molecule is C[C@]12C=CC(=O)CC1=CC[C@H]1[C@@H]3CC[C@](OC(=O)c4ccc(Oc5ccccc5)cc4O)(C(=O)OCC#N)[C@@]3(C)C[C@H](O)[C@@]12F. The molecule has 2 fully saturated rings. The number of phenolic OH excluding ortho intramolecular Hbond substituents is 1. The van der Waals surface area contributed by atoms with Crippen molar-refractivity contribution in [3.63, 3.8) is 0 Å². The second kappa shape index (κ2) is 10.8. The lowest BCUT2D eigenvalue weighted by Gasteiger charge is -2.61. The summed E-state index contributed by atoms with van der Waals surface area (Å²) in [7, 11) is 0. The number of phenols is 1. The van der Waals surface area contributed by atoms with Gasteiger partial charge in [0.05, 0.1) is 6.10 Å². The van der Waals surface area contributed by atoms with E-state index < -0.39 is 64.3 Å². The van der Waals surface area contributed by atoms with Crippen molar-refractivity contribution < 1.29 is 43.2 Å². The number of esters is 2. The van der Waals surface area contributed by atoms with E-state index in [1.54, 1.807) is 50.3 Å². The second-order valence-electron chi connectivity index (χ2n) is 12.8. The van der Waals surface area contributed by atoms with Gasteiger partial charge in [-0.2, -0.15) is 5.26 Å². The molecule has 0 bridgehead atoms. The molecule has 7 atom stereocenters. The molecule has 0 unspecified atom stereocenters. The second-order valence-corrected chi connectivity index (χ2v) is 12.8. The Kier molecular flexibility index (Phi) is 7.36. The number of aliphatic hydroxyl groups excluding tert-OH is 1. The summed E-state index contributed by atoms with van der Waals surface area (Å²) in [5, 5.41) is 31.6. The zero-order valence-corrected chi connectivity index (χ0v) is 25.0. The van der Waals surface area contributed by atoms with Gasteiger partial charge in [-0.25, -0.2) is 14.0 Å². The topological polar surface area (TPSA) is 143 Å². The van der Waals surface area contributed by atoms with Crippen molar-refractivity contribution in [3.8, 4) is 23.3 Å². The van der Waals surface area contributed by atoms with Crippen LogP contribution in [0.4, 0.5) is 4.39 Å². The zero-order valence-electron chi connectivity index (χ0n) is 25.0. The molecule has 0 aromatic heterocycles. The third-order valence-electron chi connectivity index (χ3n) is 10.8. The number of alkyl halides is 1. The molecule has 2 aromatic rings. The van der Waals surface area contributed by atoms with Crippen LogP contribution in [-0.2, 0) is 19.1 Å². The highest BCUT2D eigenvalue weighted by Gasteiger charge is 2.76. The third-order valence-corrected chi connectivity index (χ3v) is 10.8. The van der Waals surface area contributed by atoms with Crippen LogP contribution in [0, 0.1) is 34.0 Å². The van der Waals surface area contributed by atoms with Crippen LogP contribution >= 0.6 is 0 Å². The number of aromatic hydroxyl groups is 1. The van der Waals surface area contributed by atoms with Gasteiger partial charge in [-0.3, -0.25) is 4.79 Å². The van der Waals surface area contributed by atoms with Crippen molar-refractivity contribution in [2.75, 3.05) is 6.61 Å². The largest absolute Gasteiger partial charge is 0.507 e. The highest BCUT2D eigenvalue weighted by atomic mass is 19.1. The molecule has 45 heavy (non-hydrogen) atoms. The van der Waals surface area contributed by atoms with Crippen molar-refractivity contribution >= 4 is 17.7 Å². The van der Waals surface area contributed by atoms with Gasteiger partial charge in [0.15, 0.2) is 18.1 Å². The third kappa shape index (κ3) is 4.47. The van der Waals surface area contributed by atoms with Gasteiger partial charge in [0, 0.05) is 29.2 Å². The van der Waals surface area contributed by atoms with Crippen LogP contribution in [-0.4, -0.2) is 51.9 Å². The molecule has 4 aliphatic rings. The van der Waals surface area contributed by atoms with Gasteiger partial charge < -0.3 is 24.4 Å². The zero-order chi connectivity index (χ0) is 32.2.